The standard InChI is InChI=1S/C34H54O3/c1-2-3-27-30-33(35)31-28-25-23-21-19-17-15-13-11-9-7-5-4-6-8-10-12-14-16-18-20-22-24-26-29-32-34(36)37/h3,5,7,11,13,17,19,27-28,31,33,35H,2,4,6,8-10,12,14-16,18,20-22,24,26,29-30,32H2,1H3,(H,36,37)/b7-5-,13-11?,19-17?,27-3?,31-28?. The summed E-state index contributed by atoms with van der Waals surface area (Å²) in [6.07, 6.45) is 41.3. The van der Waals surface area contributed by atoms with Gasteiger partial charge in [-0.15, -0.1) is 0 Å². The van der Waals surface area contributed by atoms with Gasteiger partial charge in [0.25, 0.3) is 0 Å². The van der Waals surface area contributed by atoms with Gasteiger partial charge in [0.1, 0.15) is 0 Å². The first-order chi connectivity index (χ1) is 18.2. The van der Waals surface area contributed by atoms with E-state index in [4.69, 9.17) is 5.11 Å². The summed E-state index contributed by atoms with van der Waals surface area (Å²) in [6.45, 7) is 2.08. The number of hydrogen-bond donors (Lipinski definition) is 2. The number of unbranched alkanes of at least 4 members (excludes halogenated alkanes) is 12. The van der Waals surface area contributed by atoms with Crippen molar-refractivity contribution in [2.45, 2.75) is 135 Å². The number of carbonyl (C=O) groups is 1. The zero-order valence-corrected chi connectivity index (χ0v) is 23.6. The van der Waals surface area contributed by atoms with Gasteiger partial charge in [-0.2, -0.15) is 0 Å². The number of hydrogen-bond acceptors (Lipinski definition) is 2. The van der Waals surface area contributed by atoms with Crippen molar-refractivity contribution in [2.24, 2.45) is 0 Å². The van der Waals surface area contributed by atoms with E-state index in [2.05, 4.69) is 61.3 Å². The Morgan fingerprint density at radius 2 is 1.24 bits per heavy atom. The molecule has 2 N–H and O–H groups in total. The van der Waals surface area contributed by atoms with Gasteiger partial charge >= 0.3 is 5.97 Å². The van der Waals surface area contributed by atoms with Gasteiger partial charge in [0, 0.05) is 12.8 Å². The lowest BCUT2D eigenvalue weighted by molar-refractivity contribution is -0.137. The summed E-state index contributed by atoms with van der Waals surface area (Å²) >= 11 is 0. The Kier molecular flexibility index (Phi) is 28.0. The molecule has 1 atom stereocenters. The molecule has 0 radical (unpaired) electrons. The number of carboxylic acids is 1. The maximum Gasteiger partial charge on any atom is 0.303 e. The fraction of sp³-hybridized carbons (Fsp3) is 0.618. The van der Waals surface area contributed by atoms with Crippen LogP contribution in [-0.4, -0.2) is 22.3 Å². The van der Waals surface area contributed by atoms with Crippen molar-refractivity contribution in [1.29, 1.82) is 0 Å². The highest BCUT2D eigenvalue weighted by Gasteiger charge is 1.97. The van der Waals surface area contributed by atoms with Crippen molar-refractivity contribution >= 4 is 5.97 Å². The van der Waals surface area contributed by atoms with Crippen LogP contribution in [0.3, 0.4) is 0 Å². The zero-order valence-electron chi connectivity index (χ0n) is 23.6. The summed E-state index contributed by atoms with van der Waals surface area (Å²) < 4.78 is 0. The lowest BCUT2D eigenvalue weighted by Crippen LogP contribution is -1.98. The largest absolute Gasteiger partial charge is 0.481 e. The molecule has 0 aliphatic carbocycles. The van der Waals surface area contributed by atoms with E-state index in [0.29, 0.717) is 12.8 Å². The van der Waals surface area contributed by atoms with E-state index in [0.717, 1.165) is 38.5 Å². The number of aliphatic hydroxyl groups is 1. The van der Waals surface area contributed by atoms with Crippen molar-refractivity contribution in [1.82, 2.24) is 0 Å². The first kappa shape index (κ1) is 34.7. The second-order valence-electron chi connectivity index (χ2n) is 9.63. The average Bonchev–Trinajstić information content (AvgIpc) is 2.88. The van der Waals surface area contributed by atoms with E-state index in [1.54, 1.807) is 12.2 Å². The minimum Gasteiger partial charge on any atom is -0.481 e. The van der Waals surface area contributed by atoms with E-state index < -0.39 is 12.1 Å². The molecule has 0 saturated carbocycles. The first-order valence-corrected chi connectivity index (χ1v) is 14.8. The third-order valence-electron chi connectivity index (χ3n) is 6.06. The van der Waals surface area contributed by atoms with E-state index in [9.17, 15) is 9.90 Å². The van der Waals surface area contributed by atoms with Crippen LogP contribution in [0.2, 0.25) is 0 Å². The quantitative estimate of drug-likeness (QED) is 0.0772. The molecule has 0 aliphatic heterocycles. The molecule has 0 aromatic heterocycles. The Morgan fingerprint density at radius 1 is 0.703 bits per heavy atom. The van der Waals surface area contributed by atoms with Crippen LogP contribution in [-0.2, 0) is 4.79 Å². The number of allylic oxidation sites excluding steroid dienone is 8. The number of aliphatic carboxylic acids is 1. The first-order valence-electron chi connectivity index (χ1n) is 14.8. The zero-order chi connectivity index (χ0) is 27.1. The second-order valence-corrected chi connectivity index (χ2v) is 9.63. The topological polar surface area (TPSA) is 57.5 Å². The predicted molar refractivity (Wildman–Crippen MR) is 161 cm³/mol. The third-order valence-corrected chi connectivity index (χ3v) is 6.06. The number of rotatable bonds is 24. The van der Waals surface area contributed by atoms with Gasteiger partial charge in [-0.05, 0) is 57.1 Å². The smallest absolute Gasteiger partial charge is 0.303 e. The molecule has 3 heteroatoms. The molecule has 3 nitrogen and oxygen atoms in total. The molecule has 0 spiro atoms. The fourth-order valence-electron chi connectivity index (χ4n) is 3.87. The van der Waals surface area contributed by atoms with Gasteiger partial charge in [0.05, 0.1) is 6.10 Å². The SMILES string of the molecule is CCC=CCC(O)C=CC#CCC=CCC=CC/C=C\CCCCCCCCCCCCCCC(=O)O. The molecule has 0 bridgehead atoms. The van der Waals surface area contributed by atoms with E-state index in [-0.39, 0.29) is 0 Å². The van der Waals surface area contributed by atoms with E-state index in [1.807, 2.05) is 6.08 Å². The second kappa shape index (κ2) is 29.9. The fourth-order valence-corrected chi connectivity index (χ4v) is 3.87. The van der Waals surface area contributed by atoms with Crippen LogP contribution >= 0.6 is 0 Å². The van der Waals surface area contributed by atoms with Gasteiger partial charge in [0.2, 0.25) is 0 Å². The summed E-state index contributed by atoms with van der Waals surface area (Å²) in [4.78, 5) is 10.4. The molecule has 208 valence electrons. The lowest BCUT2D eigenvalue weighted by Gasteiger charge is -2.02. The van der Waals surface area contributed by atoms with Crippen molar-refractivity contribution in [3.8, 4) is 11.8 Å². The monoisotopic (exact) mass is 510 g/mol. The molecular weight excluding hydrogens is 456 g/mol. The minimum absolute atomic E-state index is 0.327. The Bertz CT molecular complexity index is 715. The molecule has 0 rings (SSSR count). The van der Waals surface area contributed by atoms with E-state index >= 15 is 0 Å². The maximum atomic E-state index is 10.4. The van der Waals surface area contributed by atoms with Crippen molar-refractivity contribution in [2.75, 3.05) is 0 Å². The van der Waals surface area contributed by atoms with Crippen LogP contribution in [0.1, 0.15) is 129 Å². The van der Waals surface area contributed by atoms with Crippen LogP contribution in [0.4, 0.5) is 0 Å². The van der Waals surface area contributed by atoms with Crippen LogP contribution in [0.15, 0.2) is 60.8 Å². The highest BCUT2D eigenvalue weighted by Crippen LogP contribution is 2.13. The lowest BCUT2D eigenvalue weighted by atomic mass is 10.0. The Balaban J connectivity index is 3.43. The summed E-state index contributed by atoms with van der Waals surface area (Å²) in [5.74, 6) is 5.37. The van der Waals surface area contributed by atoms with Crippen LogP contribution in [0, 0.1) is 11.8 Å². The molecule has 0 heterocycles. The predicted octanol–water partition coefficient (Wildman–Crippen LogP) is 9.65. The summed E-state index contributed by atoms with van der Waals surface area (Å²) in [5, 5.41) is 18.3. The number of aliphatic hydroxyl groups excluding tert-OH is 1. The molecule has 0 aromatic rings. The summed E-state index contributed by atoms with van der Waals surface area (Å²) in [7, 11) is 0. The molecule has 0 aromatic carbocycles. The number of carboxylic acid groups (broad SMARTS) is 1. The highest BCUT2D eigenvalue weighted by atomic mass is 16.4. The van der Waals surface area contributed by atoms with Crippen molar-refractivity contribution in [3.63, 3.8) is 0 Å². The minimum atomic E-state index is -0.666. The van der Waals surface area contributed by atoms with Crippen LogP contribution < -0.4 is 0 Å². The summed E-state index contributed by atoms with van der Waals surface area (Å²) in [6, 6.07) is 0. The molecule has 0 aliphatic rings. The summed E-state index contributed by atoms with van der Waals surface area (Å²) in [5.41, 5.74) is 0. The van der Waals surface area contributed by atoms with Crippen molar-refractivity contribution < 1.29 is 15.0 Å². The average molecular weight is 511 g/mol. The normalized spacial score (nSPS) is 12.9. The van der Waals surface area contributed by atoms with Gasteiger partial charge < -0.3 is 10.2 Å². The van der Waals surface area contributed by atoms with Crippen LogP contribution in [0.5, 0.6) is 0 Å². The molecule has 0 amide bonds. The third kappa shape index (κ3) is 31.7. The van der Waals surface area contributed by atoms with Crippen LogP contribution in [0.25, 0.3) is 0 Å². The molecular formula is C34H54O3. The van der Waals surface area contributed by atoms with E-state index in [1.165, 1.54) is 70.6 Å². The van der Waals surface area contributed by atoms with Crippen molar-refractivity contribution in [3.05, 3.63) is 60.8 Å². The Labute approximate surface area is 228 Å². The molecule has 37 heavy (non-hydrogen) atoms. The molecule has 1 unspecified atom stereocenters. The van der Waals surface area contributed by atoms with Gasteiger partial charge in [0.15, 0.2) is 0 Å². The van der Waals surface area contributed by atoms with Gasteiger partial charge in [-0.3, -0.25) is 4.79 Å². The molecule has 0 saturated heterocycles. The highest BCUT2D eigenvalue weighted by molar-refractivity contribution is 5.66. The molecule has 0 fully saturated rings. The van der Waals surface area contributed by atoms with Gasteiger partial charge in [-0.1, -0.05) is 132 Å². The Morgan fingerprint density at radius 3 is 1.84 bits per heavy atom. The Hall–Kier alpha value is -2.31. The van der Waals surface area contributed by atoms with Gasteiger partial charge in [-0.25, -0.2) is 0 Å². The maximum absolute atomic E-state index is 10.4.